The van der Waals surface area contributed by atoms with E-state index in [4.69, 9.17) is 4.74 Å². The molecule has 2 saturated heterocycles. The summed E-state index contributed by atoms with van der Waals surface area (Å²) in [6.45, 7) is 6.91. The molecule has 3 amide bonds. The lowest BCUT2D eigenvalue weighted by Crippen LogP contribution is -2.47. The Morgan fingerprint density at radius 2 is 1.76 bits per heavy atom. The minimum absolute atomic E-state index is 0.00495. The monoisotopic (exact) mass is 562 g/mol. The van der Waals surface area contributed by atoms with Gasteiger partial charge in [-0.05, 0) is 99.7 Å². The first-order valence-electron chi connectivity index (χ1n) is 15.3. The van der Waals surface area contributed by atoms with Gasteiger partial charge in [-0.25, -0.2) is 0 Å². The van der Waals surface area contributed by atoms with Gasteiger partial charge in [-0.1, -0.05) is 36.4 Å². The Hall–Kier alpha value is -3.39. The zero-order chi connectivity index (χ0) is 28.9. The minimum atomic E-state index is -0.675. The van der Waals surface area contributed by atoms with Gasteiger partial charge in [0.2, 0.25) is 17.7 Å². The molecule has 0 aromatic heterocycles. The number of nitrogens with zero attached hydrogens (tertiary/aromatic N) is 1. The number of nitrogens with one attached hydrogen (secondary N) is 3. The Morgan fingerprint density at radius 1 is 0.951 bits per heavy atom. The SMILES string of the molecule is C1CCNC1.Cc1ccc2cc1CNC(=O)C(CCc1ccccc1)NC(=O)CCC(=O)N1CCCC(CCO2)C1. The van der Waals surface area contributed by atoms with E-state index >= 15 is 0 Å². The van der Waals surface area contributed by atoms with Crippen LogP contribution in [0.2, 0.25) is 0 Å². The average Bonchev–Trinajstić information content (AvgIpc) is 3.59. The van der Waals surface area contributed by atoms with Gasteiger partial charge >= 0.3 is 0 Å². The first kappa shape index (κ1) is 30.6. The zero-order valence-electron chi connectivity index (χ0n) is 24.5. The maximum Gasteiger partial charge on any atom is 0.242 e. The number of ether oxygens (including phenoxy) is 1. The molecule has 5 rings (SSSR count). The number of aryl methyl sites for hydroxylation is 2. The largest absolute Gasteiger partial charge is 0.494 e. The van der Waals surface area contributed by atoms with Crippen LogP contribution in [-0.2, 0) is 27.3 Å². The summed E-state index contributed by atoms with van der Waals surface area (Å²) in [5, 5.41) is 9.11. The smallest absolute Gasteiger partial charge is 0.242 e. The summed E-state index contributed by atoms with van der Waals surface area (Å²) < 4.78 is 6.04. The third kappa shape index (κ3) is 10.2. The molecule has 2 aromatic rings. The van der Waals surface area contributed by atoms with E-state index in [-0.39, 0.29) is 30.6 Å². The molecule has 2 unspecified atom stereocenters. The van der Waals surface area contributed by atoms with Gasteiger partial charge in [0.25, 0.3) is 0 Å². The third-order valence-corrected chi connectivity index (χ3v) is 8.18. The van der Waals surface area contributed by atoms with Crippen molar-refractivity contribution in [3.63, 3.8) is 0 Å². The van der Waals surface area contributed by atoms with Crippen molar-refractivity contribution in [3.05, 3.63) is 65.2 Å². The van der Waals surface area contributed by atoms with Crippen LogP contribution in [0, 0.1) is 12.8 Å². The second-order valence-electron chi connectivity index (χ2n) is 11.4. The van der Waals surface area contributed by atoms with Gasteiger partial charge in [0.15, 0.2) is 0 Å². The van der Waals surface area contributed by atoms with E-state index in [1.807, 2.05) is 60.4 Å². The number of hydrogen-bond acceptors (Lipinski definition) is 5. The normalized spacial score (nSPS) is 22.3. The number of carbonyl (C=O) groups excluding carboxylic acids is 3. The highest BCUT2D eigenvalue weighted by atomic mass is 16.5. The summed E-state index contributed by atoms with van der Waals surface area (Å²) in [6, 6.07) is 15.2. The molecule has 2 fully saturated rings. The Kier molecular flexibility index (Phi) is 12.0. The van der Waals surface area contributed by atoms with E-state index in [0.29, 0.717) is 38.5 Å². The van der Waals surface area contributed by atoms with Crippen molar-refractivity contribution >= 4 is 17.7 Å². The number of fused-ring (bicyclic) bond motifs is 4. The summed E-state index contributed by atoms with van der Waals surface area (Å²) in [4.78, 5) is 40.6. The summed E-state index contributed by atoms with van der Waals surface area (Å²) in [6.07, 6.45) is 7.10. The standard InChI is InChI=1S/C29H37N3O4.C4H9N/c1-21-9-11-25-18-24(21)19-30-29(35)26(12-10-22-6-3-2-4-7-22)31-27(33)13-14-28(34)32-16-5-8-23(20-32)15-17-36-25;1-2-4-5-3-1/h2-4,6-7,9,11,18,23,26H,5,8,10,12-17,19-20H2,1H3,(H,30,35)(H,31,33);5H,1-4H2. The Balaban J connectivity index is 0.000000699. The van der Waals surface area contributed by atoms with Gasteiger partial charge in [0.1, 0.15) is 11.8 Å². The quantitative estimate of drug-likeness (QED) is 0.527. The lowest BCUT2D eigenvalue weighted by atomic mass is 9.95. The predicted molar refractivity (Wildman–Crippen MR) is 160 cm³/mol. The van der Waals surface area contributed by atoms with Crippen LogP contribution in [0.1, 0.15) is 68.1 Å². The average molecular weight is 563 g/mol. The van der Waals surface area contributed by atoms with Gasteiger partial charge in [-0.2, -0.15) is 0 Å². The fourth-order valence-electron chi connectivity index (χ4n) is 5.60. The molecule has 4 bridgehead atoms. The minimum Gasteiger partial charge on any atom is -0.494 e. The highest BCUT2D eigenvalue weighted by Crippen LogP contribution is 2.23. The van der Waals surface area contributed by atoms with E-state index < -0.39 is 6.04 Å². The molecule has 3 N–H and O–H groups in total. The molecule has 8 heteroatoms. The molecule has 0 aliphatic carbocycles. The highest BCUT2D eigenvalue weighted by molar-refractivity contribution is 5.89. The van der Waals surface area contributed by atoms with Gasteiger partial charge in [0, 0.05) is 32.5 Å². The molecule has 222 valence electrons. The molecule has 3 aliphatic rings. The van der Waals surface area contributed by atoms with Crippen LogP contribution in [0.4, 0.5) is 0 Å². The molecule has 0 radical (unpaired) electrons. The second kappa shape index (κ2) is 16.2. The first-order chi connectivity index (χ1) is 20.0. The van der Waals surface area contributed by atoms with Crippen LogP contribution < -0.4 is 20.7 Å². The number of rotatable bonds is 3. The van der Waals surface area contributed by atoms with Crippen molar-refractivity contribution in [3.8, 4) is 5.75 Å². The molecule has 3 aliphatic heterocycles. The summed E-state index contributed by atoms with van der Waals surface area (Å²) in [5.41, 5.74) is 3.17. The molecular formula is C33H46N4O4. The summed E-state index contributed by atoms with van der Waals surface area (Å²) >= 11 is 0. The van der Waals surface area contributed by atoms with Gasteiger partial charge in [-0.15, -0.1) is 0 Å². The van der Waals surface area contributed by atoms with Crippen molar-refractivity contribution < 1.29 is 19.1 Å². The van der Waals surface area contributed by atoms with Crippen molar-refractivity contribution in [1.29, 1.82) is 0 Å². The lowest BCUT2D eigenvalue weighted by molar-refractivity contribution is -0.135. The molecule has 41 heavy (non-hydrogen) atoms. The van der Waals surface area contributed by atoms with E-state index in [2.05, 4.69) is 16.0 Å². The van der Waals surface area contributed by atoms with Crippen LogP contribution in [0.3, 0.4) is 0 Å². The molecule has 2 atom stereocenters. The lowest BCUT2D eigenvalue weighted by Gasteiger charge is -2.33. The van der Waals surface area contributed by atoms with Gasteiger partial charge in [-0.3, -0.25) is 14.4 Å². The Labute approximate surface area is 244 Å². The van der Waals surface area contributed by atoms with Crippen LogP contribution in [0.5, 0.6) is 5.75 Å². The van der Waals surface area contributed by atoms with Crippen molar-refractivity contribution in [2.24, 2.45) is 5.92 Å². The molecule has 8 nitrogen and oxygen atoms in total. The van der Waals surface area contributed by atoms with Crippen LogP contribution in [0.15, 0.2) is 48.5 Å². The van der Waals surface area contributed by atoms with E-state index in [1.54, 1.807) is 0 Å². The Morgan fingerprint density at radius 3 is 2.51 bits per heavy atom. The summed E-state index contributed by atoms with van der Waals surface area (Å²) in [7, 11) is 0. The molecule has 2 aromatic carbocycles. The molecular weight excluding hydrogens is 516 g/mol. The fraction of sp³-hybridized carbons (Fsp3) is 0.545. The van der Waals surface area contributed by atoms with E-state index in [0.717, 1.165) is 48.2 Å². The number of piperidine rings is 1. The van der Waals surface area contributed by atoms with Gasteiger partial charge < -0.3 is 25.6 Å². The van der Waals surface area contributed by atoms with Crippen molar-refractivity contribution in [2.45, 2.75) is 77.3 Å². The van der Waals surface area contributed by atoms with Crippen LogP contribution in [0.25, 0.3) is 0 Å². The molecule has 0 saturated carbocycles. The van der Waals surface area contributed by atoms with Crippen LogP contribution >= 0.6 is 0 Å². The summed E-state index contributed by atoms with van der Waals surface area (Å²) in [5.74, 6) is 0.699. The van der Waals surface area contributed by atoms with E-state index in [9.17, 15) is 14.4 Å². The topological polar surface area (TPSA) is 99.8 Å². The zero-order valence-corrected chi connectivity index (χ0v) is 24.5. The molecule has 0 spiro atoms. The van der Waals surface area contributed by atoms with Crippen LogP contribution in [-0.4, -0.2) is 61.4 Å². The number of benzene rings is 2. The maximum absolute atomic E-state index is 13.2. The predicted octanol–water partition coefficient (Wildman–Crippen LogP) is 3.90. The number of carbonyl (C=O) groups is 3. The molecule has 3 heterocycles. The fourth-order valence-corrected chi connectivity index (χ4v) is 5.60. The number of amides is 3. The second-order valence-corrected chi connectivity index (χ2v) is 11.4. The Bertz CT molecular complexity index is 1130. The first-order valence-corrected chi connectivity index (χ1v) is 15.3. The third-order valence-electron chi connectivity index (χ3n) is 8.18. The van der Waals surface area contributed by atoms with Crippen molar-refractivity contribution in [1.82, 2.24) is 20.9 Å². The van der Waals surface area contributed by atoms with Crippen molar-refractivity contribution in [2.75, 3.05) is 32.8 Å². The highest BCUT2D eigenvalue weighted by Gasteiger charge is 2.25. The maximum atomic E-state index is 13.2. The van der Waals surface area contributed by atoms with E-state index in [1.165, 1.54) is 25.9 Å². The number of hydrogen-bond donors (Lipinski definition) is 3. The van der Waals surface area contributed by atoms with Gasteiger partial charge in [0.05, 0.1) is 6.61 Å².